The predicted octanol–water partition coefficient (Wildman–Crippen LogP) is 6.25. The Kier molecular flexibility index (Phi) is 3.45. The Morgan fingerprint density at radius 2 is 0.955 bits per heavy atom. The van der Waals surface area contributed by atoms with Crippen LogP contribution in [0.25, 0.3) is 21.8 Å². The average Bonchev–Trinajstić information content (AvgIpc) is 2.80. The van der Waals surface area contributed by atoms with E-state index in [-0.39, 0.29) is 0 Å². The monoisotopic (exact) mass is 357 g/mol. The lowest BCUT2D eigenvalue weighted by Gasteiger charge is -2.13. The van der Waals surface area contributed by atoms with Gasteiger partial charge >= 0.3 is 0 Å². The Balaban J connectivity index is 2.81. The minimum atomic E-state index is 1.23. The van der Waals surface area contributed by atoms with E-state index in [1.165, 1.54) is 65.2 Å². The number of rotatable bonds is 0. The highest BCUT2D eigenvalue weighted by molar-refractivity contribution is 9.10. The van der Waals surface area contributed by atoms with Gasteiger partial charge in [0.15, 0.2) is 0 Å². The molecule has 0 fully saturated rings. The van der Waals surface area contributed by atoms with Gasteiger partial charge in [0.05, 0.1) is 11.0 Å². The molecule has 0 saturated carbocycles. The van der Waals surface area contributed by atoms with Gasteiger partial charge in [0.1, 0.15) is 0 Å². The summed E-state index contributed by atoms with van der Waals surface area (Å²) in [7, 11) is 2.20. The van der Waals surface area contributed by atoms with Crippen LogP contribution in [0.2, 0.25) is 0 Å². The molecule has 2 aromatic carbocycles. The molecular weight excluding hydrogens is 334 g/mol. The van der Waals surface area contributed by atoms with Crippen LogP contribution in [0.1, 0.15) is 38.9 Å². The predicted molar refractivity (Wildman–Crippen MR) is 101 cm³/mol. The highest BCUT2D eigenvalue weighted by atomic mass is 79.9. The zero-order valence-corrected chi connectivity index (χ0v) is 16.4. The Hall–Kier alpha value is -1.28. The summed E-state index contributed by atoms with van der Waals surface area (Å²) in [5.41, 5.74) is 12.5. The molecule has 3 rings (SSSR count). The normalized spacial score (nSPS) is 11.9. The third-order valence-corrected chi connectivity index (χ3v) is 6.82. The molecule has 0 N–H and O–H groups in total. The summed E-state index contributed by atoms with van der Waals surface area (Å²) in [6, 6.07) is 0. The molecule has 0 radical (unpaired) electrons. The summed E-state index contributed by atoms with van der Waals surface area (Å²) < 4.78 is 3.61. The largest absolute Gasteiger partial charge is 0.342 e. The van der Waals surface area contributed by atoms with E-state index in [0.29, 0.717) is 0 Å². The zero-order valence-electron chi connectivity index (χ0n) is 14.8. The molecule has 116 valence electrons. The highest BCUT2D eigenvalue weighted by Gasteiger charge is 2.21. The second-order valence-electron chi connectivity index (χ2n) is 6.70. The van der Waals surface area contributed by atoms with Crippen molar-refractivity contribution in [2.24, 2.45) is 7.05 Å². The van der Waals surface area contributed by atoms with Crippen LogP contribution in [0.5, 0.6) is 0 Å². The van der Waals surface area contributed by atoms with Crippen LogP contribution in [0.15, 0.2) is 4.47 Å². The Labute approximate surface area is 141 Å². The van der Waals surface area contributed by atoms with E-state index in [0.717, 1.165) is 0 Å². The first-order valence-electron chi connectivity index (χ1n) is 7.83. The lowest BCUT2D eigenvalue weighted by atomic mass is 9.92. The van der Waals surface area contributed by atoms with Crippen molar-refractivity contribution < 1.29 is 0 Å². The van der Waals surface area contributed by atoms with Crippen molar-refractivity contribution in [3.63, 3.8) is 0 Å². The summed E-state index contributed by atoms with van der Waals surface area (Å²) in [5.74, 6) is 0. The van der Waals surface area contributed by atoms with Crippen molar-refractivity contribution in [3.8, 4) is 0 Å². The molecule has 3 aromatic rings. The molecule has 0 amide bonds. The maximum absolute atomic E-state index is 3.86. The number of halogens is 1. The van der Waals surface area contributed by atoms with Crippen LogP contribution in [-0.2, 0) is 7.05 Å². The Morgan fingerprint density at radius 3 is 1.50 bits per heavy atom. The Morgan fingerprint density at radius 1 is 0.545 bits per heavy atom. The quantitative estimate of drug-likeness (QED) is 0.447. The van der Waals surface area contributed by atoms with E-state index in [4.69, 9.17) is 0 Å². The van der Waals surface area contributed by atoms with Crippen molar-refractivity contribution in [1.82, 2.24) is 4.57 Å². The maximum atomic E-state index is 3.86. The molecule has 0 spiro atoms. The molecule has 1 heterocycles. The zero-order chi connectivity index (χ0) is 16.5. The smallest absolute Gasteiger partial charge is 0.0638 e. The molecule has 0 aliphatic rings. The van der Waals surface area contributed by atoms with Crippen LogP contribution < -0.4 is 0 Å². The number of benzene rings is 2. The molecule has 0 saturated heterocycles. The first-order chi connectivity index (χ1) is 10.2. The number of aromatic nitrogens is 1. The Bertz CT molecular complexity index is 881. The van der Waals surface area contributed by atoms with E-state index < -0.39 is 0 Å². The van der Waals surface area contributed by atoms with E-state index >= 15 is 0 Å². The SMILES string of the molecule is Cc1c(C)c(C)c2c(c1C)c1c(C)c(C)c(C)c(Br)c1n2C. The molecule has 1 aromatic heterocycles. The molecule has 22 heavy (non-hydrogen) atoms. The molecule has 0 unspecified atom stereocenters. The second-order valence-corrected chi connectivity index (χ2v) is 7.49. The van der Waals surface area contributed by atoms with Crippen molar-refractivity contribution in [2.45, 2.75) is 48.5 Å². The molecule has 2 heteroatoms. The van der Waals surface area contributed by atoms with Crippen LogP contribution >= 0.6 is 15.9 Å². The van der Waals surface area contributed by atoms with Gasteiger partial charge in [-0.25, -0.2) is 0 Å². The van der Waals surface area contributed by atoms with E-state index in [1.54, 1.807) is 0 Å². The van der Waals surface area contributed by atoms with Gasteiger partial charge < -0.3 is 4.57 Å². The first kappa shape index (κ1) is 15.6. The van der Waals surface area contributed by atoms with E-state index in [9.17, 15) is 0 Å². The van der Waals surface area contributed by atoms with Crippen molar-refractivity contribution in [3.05, 3.63) is 43.4 Å². The summed E-state index contributed by atoms with van der Waals surface area (Å²) in [4.78, 5) is 0. The van der Waals surface area contributed by atoms with Crippen molar-refractivity contribution in [2.75, 3.05) is 0 Å². The number of hydrogen-bond acceptors (Lipinski definition) is 0. The van der Waals surface area contributed by atoms with Gasteiger partial charge in [-0.15, -0.1) is 0 Å². The molecule has 0 aliphatic carbocycles. The van der Waals surface area contributed by atoms with Gasteiger partial charge in [-0.05, 0) is 103 Å². The number of hydrogen-bond donors (Lipinski definition) is 0. The molecular formula is C20H24BrN. The summed E-state index contributed by atoms with van der Waals surface area (Å²) in [6.45, 7) is 15.7. The maximum Gasteiger partial charge on any atom is 0.0638 e. The standard InChI is InChI=1S/C20H24BrN/c1-9-10(2)15(7)19-16(12(9)4)17-13(5)11(3)14(6)18(21)20(17)22(19)8/h1-8H3. The van der Waals surface area contributed by atoms with E-state index in [1.807, 2.05) is 0 Å². The minimum Gasteiger partial charge on any atom is -0.342 e. The third kappa shape index (κ3) is 1.70. The molecule has 0 atom stereocenters. The average molecular weight is 358 g/mol. The van der Waals surface area contributed by atoms with Gasteiger partial charge in [-0.3, -0.25) is 0 Å². The third-order valence-electron chi connectivity index (χ3n) is 5.85. The number of aryl methyl sites for hydroxylation is 4. The van der Waals surface area contributed by atoms with Gasteiger partial charge in [0, 0.05) is 22.3 Å². The topological polar surface area (TPSA) is 4.93 Å². The molecule has 1 nitrogen and oxygen atoms in total. The van der Waals surface area contributed by atoms with Gasteiger partial charge in [0.2, 0.25) is 0 Å². The summed E-state index contributed by atoms with van der Waals surface area (Å²) >= 11 is 3.86. The van der Waals surface area contributed by atoms with Crippen LogP contribution in [0.3, 0.4) is 0 Å². The second kappa shape index (κ2) is 4.86. The molecule has 0 bridgehead atoms. The fourth-order valence-corrected chi connectivity index (χ4v) is 4.61. The van der Waals surface area contributed by atoms with Gasteiger partial charge in [0.25, 0.3) is 0 Å². The van der Waals surface area contributed by atoms with Gasteiger partial charge in [-0.2, -0.15) is 0 Å². The summed E-state index contributed by atoms with van der Waals surface area (Å²) in [5, 5.41) is 2.84. The fourth-order valence-electron chi connectivity index (χ4n) is 3.85. The van der Waals surface area contributed by atoms with Crippen LogP contribution in [-0.4, -0.2) is 4.57 Å². The van der Waals surface area contributed by atoms with E-state index in [2.05, 4.69) is 76.0 Å². The van der Waals surface area contributed by atoms with Gasteiger partial charge in [-0.1, -0.05) is 0 Å². The molecule has 0 aliphatic heterocycles. The first-order valence-corrected chi connectivity index (χ1v) is 8.63. The highest BCUT2D eigenvalue weighted by Crippen LogP contribution is 2.42. The minimum absolute atomic E-state index is 1.23. The summed E-state index contributed by atoms with van der Waals surface area (Å²) in [6.07, 6.45) is 0. The lowest BCUT2D eigenvalue weighted by Crippen LogP contribution is -1.96. The number of nitrogens with zero attached hydrogens (tertiary/aromatic N) is 1. The van der Waals surface area contributed by atoms with Crippen molar-refractivity contribution in [1.29, 1.82) is 0 Å². The lowest BCUT2D eigenvalue weighted by molar-refractivity contribution is 0.998. The van der Waals surface area contributed by atoms with Crippen LogP contribution in [0, 0.1) is 48.5 Å². The fraction of sp³-hybridized carbons (Fsp3) is 0.400. The van der Waals surface area contributed by atoms with Crippen molar-refractivity contribution >= 4 is 37.7 Å². The van der Waals surface area contributed by atoms with Crippen LogP contribution in [0.4, 0.5) is 0 Å². The number of fused-ring (bicyclic) bond motifs is 3.